The van der Waals surface area contributed by atoms with Crippen LogP contribution in [0, 0.1) is 5.41 Å². The molecule has 0 fully saturated rings. The normalized spacial score (nSPS) is 11.7. The van der Waals surface area contributed by atoms with Crippen molar-refractivity contribution >= 4 is 34.3 Å². The van der Waals surface area contributed by atoms with Gasteiger partial charge in [-0.05, 0) is 53.2 Å². The van der Waals surface area contributed by atoms with E-state index in [2.05, 4.69) is 0 Å². The standard InChI is InChI=1S/C25H19N3O6/c26-21(22(29)13-1-3-14(4-2-13)24(30)31)19-9-10-20(34-19)25(32)33-18-8-7-15-11-17(23(27)28)6-5-16(15)12-18/h1-12,21H,26H2,(H3,27,28)(H,30,31). The van der Waals surface area contributed by atoms with E-state index in [1.54, 1.807) is 36.4 Å². The molecule has 34 heavy (non-hydrogen) atoms. The molecule has 0 amide bonds. The molecule has 170 valence electrons. The van der Waals surface area contributed by atoms with Gasteiger partial charge in [0.25, 0.3) is 0 Å². The van der Waals surface area contributed by atoms with Crippen LogP contribution < -0.4 is 16.2 Å². The average molecular weight is 457 g/mol. The van der Waals surface area contributed by atoms with Gasteiger partial charge in [0.15, 0.2) is 5.78 Å². The van der Waals surface area contributed by atoms with E-state index in [9.17, 15) is 14.4 Å². The van der Waals surface area contributed by atoms with Gasteiger partial charge in [0.1, 0.15) is 23.4 Å². The van der Waals surface area contributed by atoms with E-state index in [0.29, 0.717) is 5.56 Å². The average Bonchev–Trinajstić information content (AvgIpc) is 3.33. The number of esters is 1. The van der Waals surface area contributed by atoms with Crippen LogP contribution >= 0.6 is 0 Å². The van der Waals surface area contributed by atoms with Crippen molar-refractivity contribution in [1.29, 1.82) is 5.41 Å². The fourth-order valence-corrected chi connectivity index (χ4v) is 3.33. The van der Waals surface area contributed by atoms with Crippen LogP contribution in [0.25, 0.3) is 10.8 Å². The lowest BCUT2D eigenvalue weighted by Crippen LogP contribution is -2.21. The predicted octanol–water partition coefficient (Wildman–Crippen LogP) is 3.52. The Labute approximate surface area is 193 Å². The maximum atomic E-state index is 12.6. The fourth-order valence-electron chi connectivity index (χ4n) is 3.33. The summed E-state index contributed by atoms with van der Waals surface area (Å²) in [4.78, 5) is 36.1. The molecular weight excluding hydrogens is 438 g/mol. The zero-order valence-corrected chi connectivity index (χ0v) is 17.6. The Hall–Kier alpha value is -4.76. The highest BCUT2D eigenvalue weighted by atomic mass is 16.5. The van der Waals surface area contributed by atoms with Gasteiger partial charge in [-0.25, -0.2) is 9.59 Å². The summed E-state index contributed by atoms with van der Waals surface area (Å²) in [5.41, 5.74) is 12.3. The number of carbonyl (C=O) groups excluding carboxylic acids is 2. The third-order valence-electron chi connectivity index (χ3n) is 5.17. The lowest BCUT2D eigenvalue weighted by molar-refractivity contribution is 0.0688. The van der Waals surface area contributed by atoms with Gasteiger partial charge in [-0.15, -0.1) is 0 Å². The fraction of sp³-hybridized carbons (Fsp3) is 0.0400. The molecule has 0 aliphatic rings. The van der Waals surface area contributed by atoms with Crippen molar-refractivity contribution in [3.05, 3.63) is 101 Å². The second kappa shape index (κ2) is 9.00. The second-order valence-corrected chi connectivity index (χ2v) is 7.45. The van der Waals surface area contributed by atoms with Crippen LogP contribution in [0.5, 0.6) is 5.75 Å². The summed E-state index contributed by atoms with van der Waals surface area (Å²) in [7, 11) is 0. The van der Waals surface area contributed by atoms with E-state index < -0.39 is 23.8 Å². The van der Waals surface area contributed by atoms with Crippen molar-refractivity contribution < 1.29 is 28.6 Å². The Bertz CT molecular complexity index is 1440. The summed E-state index contributed by atoms with van der Waals surface area (Å²) in [6.45, 7) is 0. The minimum Gasteiger partial charge on any atom is -0.478 e. The number of hydrogen-bond donors (Lipinski definition) is 4. The SMILES string of the molecule is N=C(N)c1ccc2cc(OC(=O)c3ccc(C(N)C(=O)c4ccc(C(=O)O)cc4)o3)ccc2c1. The van der Waals surface area contributed by atoms with Crippen LogP contribution in [0.15, 0.2) is 77.2 Å². The van der Waals surface area contributed by atoms with E-state index in [1.165, 1.54) is 36.4 Å². The molecule has 1 aromatic heterocycles. The Balaban J connectivity index is 1.47. The summed E-state index contributed by atoms with van der Waals surface area (Å²) < 4.78 is 10.8. The first-order valence-electron chi connectivity index (χ1n) is 10.1. The number of fused-ring (bicyclic) bond motifs is 1. The molecule has 0 aliphatic carbocycles. The van der Waals surface area contributed by atoms with Crippen LogP contribution in [-0.4, -0.2) is 28.7 Å². The minimum absolute atomic E-state index is 0.0417. The van der Waals surface area contributed by atoms with Crippen molar-refractivity contribution in [2.75, 3.05) is 0 Å². The first-order chi connectivity index (χ1) is 16.2. The first kappa shape index (κ1) is 22.4. The number of amidine groups is 1. The van der Waals surface area contributed by atoms with Gasteiger partial charge in [-0.3, -0.25) is 10.2 Å². The predicted molar refractivity (Wildman–Crippen MR) is 123 cm³/mol. The monoisotopic (exact) mass is 457 g/mol. The van der Waals surface area contributed by atoms with Gasteiger partial charge in [-0.1, -0.05) is 30.3 Å². The molecule has 0 radical (unpaired) electrons. The largest absolute Gasteiger partial charge is 0.478 e. The van der Waals surface area contributed by atoms with Crippen LogP contribution in [0.4, 0.5) is 0 Å². The summed E-state index contributed by atoms with van der Waals surface area (Å²) >= 11 is 0. The van der Waals surface area contributed by atoms with Gasteiger partial charge in [-0.2, -0.15) is 0 Å². The van der Waals surface area contributed by atoms with Crippen molar-refractivity contribution in [1.82, 2.24) is 0 Å². The lowest BCUT2D eigenvalue weighted by Gasteiger charge is -2.08. The molecule has 1 unspecified atom stereocenters. The number of nitrogens with two attached hydrogens (primary N) is 2. The van der Waals surface area contributed by atoms with E-state index in [-0.39, 0.29) is 34.2 Å². The maximum absolute atomic E-state index is 12.6. The molecule has 3 aromatic carbocycles. The maximum Gasteiger partial charge on any atom is 0.379 e. The summed E-state index contributed by atoms with van der Waals surface area (Å²) in [5.74, 6) is -2.20. The van der Waals surface area contributed by atoms with Crippen LogP contribution in [-0.2, 0) is 0 Å². The van der Waals surface area contributed by atoms with E-state index in [4.69, 9.17) is 31.1 Å². The minimum atomic E-state index is -1.19. The highest BCUT2D eigenvalue weighted by Crippen LogP contribution is 2.24. The van der Waals surface area contributed by atoms with Gasteiger partial charge in [0, 0.05) is 11.1 Å². The van der Waals surface area contributed by atoms with Crippen molar-refractivity contribution in [3.8, 4) is 5.75 Å². The van der Waals surface area contributed by atoms with Gasteiger partial charge in [0.2, 0.25) is 5.76 Å². The van der Waals surface area contributed by atoms with Gasteiger partial charge in [0.05, 0.1) is 5.56 Å². The van der Waals surface area contributed by atoms with Crippen LogP contribution in [0.3, 0.4) is 0 Å². The number of hydrogen-bond acceptors (Lipinski definition) is 7. The van der Waals surface area contributed by atoms with Crippen LogP contribution in [0.1, 0.15) is 48.6 Å². The molecule has 4 rings (SSSR count). The Morgan fingerprint density at radius 1 is 0.853 bits per heavy atom. The molecule has 0 saturated heterocycles. The van der Waals surface area contributed by atoms with Crippen LogP contribution in [0.2, 0.25) is 0 Å². The van der Waals surface area contributed by atoms with E-state index >= 15 is 0 Å². The zero-order valence-electron chi connectivity index (χ0n) is 17.6. The molecule has 0 bridgehead atoms. The Kier molecular flexibility index (Phi) is 5.94. The lowest BCUT2D eigenvalue weighted by atomic mass is 10.0. The molecule has 1 heterocycles. The molecule has 6 N–H and O–H groups in total. The Morgan fingerprint density at radius 2 is 1.47 bits per heavy atom. The smallest absolute Gasteiger partial charge is 0.379 e. The van der Waals surface area contributed by atoms with Gasteiger partial charge >= 0.3 is 11.9 Å². The third kappa shape index (κ3) is 4.54. The quantitative estimate of drug-likeness (QED) is 0.107. The van der Waals surface area contributed by atoms with E-state index in [0.717, 1.165) is 10.8 Å². The Morgan fingerprint density at radius 3 is 2.15 bits per heavy atom. The van der Waals surface area contributed by atoms with E-state index in [1.807, 2.05) is 0 Å². The number of furan rings is 1. The number of rotatable bonds is 7. The highest BCUT2D eigenvalue weighted by molar-refractivity contribution is 6.01. The zero-order chi connectivity index (χ0) is 24.4. The molecule has 1 atom stereocenters. The molecule has 9 nitrogen and oxygen atoms in total. The number of nitrogen functional groups attached to an aromatic ring is 1. The molecule has 9 heteroatoms. The number of ether oxygens (including phenoxy) is 1. The molecule has 4 aromatic rings. The number of carbonyl (C=O) groups is 3. The number of carboxylic acid groups (broad SMARTS) is 1. The molecule has 0 spiro atoms. The third-order valence-corrected chi connectivity index (χ3v) is 5.17. The summed E-state index contributed by atoms with van der Waals surface area (Å²) in [6, 6.07) is 17.1. The second-order valence-electron chi connectivity index (χ2n) is 7.45. The molecule has 0 saturated carbocycles. The van der Waals surface area contributed by atoms with Crippen molar-refractivity contribution in [2.45, 2.75) is 6.04 Å². The highest BCUT2D eigenvalue weighted by Gasteiger charge is 2.23. The number of ketones is 1. The topological polar surface area (TPSA) is 170 Å². The first-order valence-corrected chi connectivity index (χ1v) is 10.1. The van der Waals surface area contributed by atoms with Crippen molar-refractivity contribution in [2.24, 2.45) is 11.5 Å². The number of carboxylic acids is 1. The number of benzene rings is 3. The summed E-state index contributed by atoms with van der Waals surface area (Å²) in [5, 5.41) is 18.1. The van der Waals surface area contributed by atoms with Crippen molar-refractivity contribution in [3.63, 3.8) is 0 Å². The number of Topliss-reactive ketones (excluding diaryl/α,β-unsaturated/α-hetero) is 1. The number of aromatic carboxylic acids is 1. The number of nitrogens with one attached hydrogen (secondary N) is 1. The molecular formula is C25H19N3O6. The van der Waals surface area contributed by atoms with Gasteiger partial charge < -0.3 is 25.7 Å². The summed E-state index contributed by atoms with van der Waals surface area (Å²) in [6.07, 6.45) is 0. The molecule has 0 aliphatic heterocycles.